The molecule has 1 fully saturated rings. The normalized spacial score (nSPS) is 21.3. The van der Waals surface area contributed by atoms with Crippen LogP contribution in [0.2, 0.25) is 0 Å². The molecule has 2 aromatic heterocycles. The Balaban J connectivity index is 0.00000133. The molecular formula is C24H34F2N6O2. The Bertz CT molecular complexity index is 1050. The van der Waals surface area contributed by atoms with Gasteiger partial charge < -0.3 is 20.2 Å². The second-order valence-electron chi connectivity index (χ2n) is 8.88. The Hall–Kier alpha value is -2.75. The van der Waals surface area contributed by atoms with Crippen LogP contribution in [0.5, 0.6) is 0 Å². The number of halogens is 2. The molecule has 186 valence electrons. The number of fused-ring (bicyclic) bond motifs is 2. The molecule has 1 aliphatic carbocycles. The minimum absolute atomic E-state index is 0.0574. The van der Waals surface area contributed by atoms with Crippen molar-refractivity contribution >= 4 is 17.5 Å². The van der Waals surface area contributed by atoms with Crippen LogP contribution in [-0.2, 0) is 19.4 Å². The molecule has 4 heterocycles. The molecule has 0 aromatic carbocycles. The molecule has 3 aliphatic rings. The van der Waals surface area contributed by atoms with Crippen molar-refractivity contribution in [1.82, 2.24) is 25.0 Å². The maximum Gasteiger partial charge on any atom is 0.317 e. The lowest BCUT2D eigenvalue weighted by Gasteiger charge is -2.34. The zero-order valence-corrected chi connectivity index (χ0v) is 20.3. The minimum Gasteiger partial charge on any atom is -0.393 e. The maximum atomic E-state index is 13.6. The van der Waals surface area contributed by atoms with Crippen LogP contribution in [0.3, 0.4) is 0 Å². The number of anilines is 2. The number of alkyl halides is 2. The first kappa shape index (κ1) is 24.4. The summed E-state index contributed by atoms with van der Waals surface area (Å²) >= 11 is 0. The largest absolute Gasteiger partial charge is 0.393 e. The highest BCUT2D eigenvalue weighted by Gasteiger charge is 2.37. The number of rotatable bonds is 3. The standard InChI is InChI=1S/C22H28F2N6O2.C2H6/c1-12-15(20(23)24)10-19-17(26-12)4-3-6-29(19)21-16-11-28(22(32)25-2)7-5-18(16)30(27-21)13-8-14(31)9-13;1-2/h10,13-14,20,31H,3-9,11H2,1-2H3,(H,25,32);1-2H3. The van der Waals surface area contributed by atoms with Gasteiger partial charge in [-0.3, -0.25) is 9.67 Å². The summed E-state index contributed by atoms with van der Waals surface area (Å²) in [5, 5.41) is 17.5. The van der Waals surface area contributed by atoms with Crippen molar-refractivity contribution in [3.8, 4) is 0 Å². The fourth-order valence-electron chi connectivity index (χ4n) is 5.08. The van der Waals surface area contributed by atoms with E-state index in [4.69, 9.17) is 5.10 Å². The molecule has 0 atom stereocenters. The number of carbonyl (C=O) groups is 1. The van der Waals surface area contributed by atoms with Crippen molar-refractivity contribution in [2.45, 2.75) is 78.0 Å². The van der Waals surface area contributed by atoms with Gasteiger partial charge >= 0.3 is 6.03 Å². The van der Waals surface area contributed by atoms with Crippen LogP contribution in [0.25, 0.3) is 0 Å². The van der Waals surface area contributed by atoms with Crippen LogP contribution in [0.1, 0.15) is 73.8 Å². The SMILES string of the molecule is CC.CNC(=O)N1CCc2c(c(N3CCCc4nc(C)c(C(F)F)cc43)nn2C2CC(O)C2)C1. The smallest absolute Gasteiger partial charge is 0.317 e. The van der Waals surface area contributed by atoms with E-state index in [1.807, 2.05) is 23.4 Å². The highest BCUT2D eigenvalue weighted by atomic mass is 19.3. The number of aromatic nitrogens is 3. The molecule has 2 aromatic rings. The number of hydrogen-bond acceptors (Lipinski definition) is 5. The first-order valence-corrected chi connectivity index (χ1v) is 12.2. The second-order valence-corrected chi connectivity index (χ2v) is 8.88. The lowest BCUT2D eigenvalue weighted by atomic mass is 9.89. The van der Waals surface area contributed by atoms with Gasteiger partial charge in [-0.2, -0.15) is 5.10 Å². The number of hydrogen-bond donors (Lipinski definition) is 2. The summed E-state index contributed by atoms with van der Waals surface area (Å²) < 4.78 is 29.3. The molecule has 2 N–H and O–H groups in total. The molecule has 10 heteroatoms. The van der Waals surface area contributed by atoms with E-state index in [-0.39, 0.29) is 23.7 Å². The van der Waals surface area contributed by atoms with E-state index in [1.165, 1.54) is 0 Å². The molecule has 8 nitrogen and oxygen atoms in total. The Labute approximate surface area is 198 Å². The minimum atomic E-state index is -2.59. The second kappa shape index (κ2) is 9.85. The van der Waals surface area contributed by atoms with Crippen LogP contribution in [0.15, 0.2) is 6.07 Å². The van der Waals surface area contributed by atoms with Crippen molar-refractivity contribution in [2.24, 2.45) is 0 Å². The van der Waals surface area contributed by atoms with Crippen LogP contribution < -0.4 is 10.2 Å². The average molecular weight is 477 g/mol. The summed E-state index contributed by atoms with van der Waals surface area (Å²) in [6.07, 6.45) is 0.639. The van der Waals surface area contributed by atoms with Crippen molar-refractivity contribution in [1.29, 1.82) is 0 Å². The molecular weight excluding hydrogens is 442 g/mol. The highest BCUT2D eigenvalue weighted by molar-refractivity contribution is 5.75. The number of nitrogens with one attached hydrogen (secondary N) is 1. The van der Waals surface area contributed by atoms with Gasteiger partial charge in [-0.1, -0.05) is 13.8 Å². The third-order valence-corrected chi connectivity index (χ3v) is 6.89. The number of aliphatic hydroxyl groups is 1. The lowest BCUT2D eigenvalue weighted by Crippen LogP contribution is -2.42. The number of aliphatic hydroxyl groups excluding tert-OH is 1. The molecule has 0 spiro atoms. The van der Waals surface area contributed by atoms with Crippen molar-refractivity contribution < 1.29 is 18.7 Å². The number of carbonyl (C=O) groups excluding carboxylic acids is 1. The van der Waals surface area contributed by atoms with Gasteiger partial charge in [-0.05, 0) is 38.7 Å². The molecule has 2 amide bonds. The van der Waals surface area contributed by atoms with E-state index >= 15 is 0 Å². The third-order valence-electron chi connectivity index (χ3n) is 6.89. The van der Waals surface area contributed by atoms with Crippen LogP contribution in [0, 0.1) is 6.92 Å². The Morgan fingerprint density at radius 1 is 1.24 bits per heavy atom. The van der Waals surface area contributed by atoms with Gasteiger partial charge in [-0.25, -0.2) is 13.6 Å². The van der Waals surface area contributed by atoms with E-state index in [2.05, 4.69) is 10.3 Å². The van der Waals surface area contributed by atoms with E-state index in [9.17, 15) is 18.7 Å². The van der Waals surface area contributed by atoms with Crippen LogP contribution in [0.4, 0.5) is 25.1 Å². The third kappa shape index (κ3) is 4.23. The Kier molecular flexibility index (Phi) is 7.06. The number of urea groups is 1. The predicted octanol–water partition coefficient (Wildman–Crippen LogP) is 4.03. The van der Waals surface area contributed by atoms with Gasteiger partial charge in [0.15, 0.2) is 5.82 Å². The molecule has 0 saturated heterocycles. The highest BCUT2D eigenvalue weighted by Crippen LogP contribution is 2.42. The van der Waals surface area contributed by atoms with Crippen molar-refractivity contribution in [3.05, 3.63) is 34.3 Å². The van der Waals surface area contributed by atoms with Gasteiger partial charge in [0.05, 0.1) is 30.1 Å². The number of nitrogens with zero attached hydrogens (tertiary/aromatic N) is 5. The summed E-state index contributed by atoms with van der Waals surface area (Å²) in [4.78, 5) is 20.6. The van der Waals surface area contributed by atoms with Gasteiger partial charge in [0.2, 0.25) is 0 Å². The zero-order chi connectivity index (χ0) is 24.6. The fraction of sp³-hybridized carbons (Fsp3) is 0.625. The first-order chi connectivity index (χ1) is 16.4. The van der Waals surface area contributed by atoms with E-state index < -0.39 is 6.43 Å². The van der Waals surface area contributed by atoms with E-state index in [0.717, 1.165) is 29.8 Å². The topological polar surface area (TPSA) is 86.5 Å². The number of pyridine rings is 1. The Morgan fingerprint density at radius 3 is 2.62 bits per heavy atom. The quantitative estimate of drug-likeness (QED) is 0.699. The maximum absolute atomic E-state index is 13.6. The molecule has 0 radical (unpaired) electrons. The lowest BCUT2D eigenvalue weighted by molar-refractivity contribution is 0.0419. The van der Waals surface area contributed by atoms with Crippen LogP contribution in [-0.4, -0.2) is 57.0 Å². The summed E-state index contributed by atoms with van der Waals surface area (Å²) in [6.45, 7) is 7.27. The molecule has 2 aliphatic heterocycles. The summed E-state index contributed by atoms with van der Waals surface area (Å²) in [7, 11) is 1.61. The molecule has 5 rings (SSSR count). The van der Waals surface area contributed by atoms with Crippen LogP contribution >= 0.6 is 0 Å². The number of amides is 2. The van der Waals surface area contributed by atoms with Gasteiger partial charge in [-0.15, -0.1) is 0 Å². The van der Waals surface area contributed by atoms with Crippen molar-refractivity contribution in [2.75, 3.05) is 25.0 Å². The summed E-state index contributed by atoms with van der Waals surface area (Å²) in [5.74, 6) is 0.710. The molecule has 1 saturated carbocycles. The van der Waals surface area contributed by atoms with Gasteiger partial charge in [0, 0.05) is 49.1 Å². The number of aryl methyl sites for hydroxylation is 2. The van der Waals surface area contributed by atoms with Crippen molar-refractivity contribution in [3.63, 3.8) is 0 Å². The molecule has 0 unspecified atom stereocenters. The van der Waals surface area contributed by atoms with E-state index in [1.54, 1.807) is 24.9 Å². The predicted molar refractivity (Wildman–Crippen MR) is 126 cm³/mol. The van der Waals surface area contributed by atoms with E-state index in [0.29, 0.717) is 56.1 Å². The van der Waals surface area contributed by atoms with Gasteiger partial charge in [0.25, 0.3) is 6.43 Å². The summed E-state index contributed by atoms with van der Waals surface area (Å²) in [5.41, 5.74) is 3.81. The first-order valence-electron chi connectivity index (χ1n) is 12.2. The Morgan fingerprint density at radius 2 is 1.97 bits per heavy atom. The summed E-state index contributed by atoms with van der Waals surface area (Å²) in [6, 6.07) is 1.53. The zero-order valence-electron chi connectivity index (χ0n) is 20.3. The fourth-order valence-corrected chi connectivity index (χ4v) is 5.08. The average Bonchev–Trinajstić information content (AvgIpc) is 3.19. The monoisotopic (exact) mass is 476 g/mol. The molecule has 34 heavy (non-hydrogen) atoms. The molecule has 0 bridgehead atoms. The van der Waals surface area contributed by atoms with Gasteiger partial charge in [0.1, 0.15) is 0 Å².